The van der Waals surface area contributed by atoms with Crippen LogP contribution in [0.5, 0.6) is 0 Å². The fourth-order valence-electron chi connectivity index (χ4n) is 0.828. The summed E-state index contributed by atoms with van der Waals surface area (Å²) >= 11 is 0. The van der Waals surface area contributed by atoms with E-state index < -0.39 is 0 Å². The average Bonchev–Trinajstić information content (AvgIpc) is 2.04. The molecule has 0 radical (unpaired) electrons. The van der Waals surface area contributed by atoms with Crippen molar-refractivity contribution in [1.29, 1.82) is 5.41 Å². The molecule has 48 valence electrons. The molecule has 10 heavy (non-hydrogen) atoms. The van der Waals surface area contributed by atoms with Gasteiger partial charge in [0, 0.05) is 0 Å². The van der Waals surface area contributed by atoms with Crippen LogP contribution >= 0.6 is 0 Å². The van der Waals surface area contributed by atoms with Gasteiger partial charge in [0.25, 0.3) is 0 Å². The van der Waals surface area contributed by atoms with Crippen molar-refractivity contribution in [3.8, 4) is 0 Å². The van der Waals surface area contributed by atoms with Crippen molar-refractivity contribution in [1.82, 2.24) is 0 Å². The topological polar surface area (TPSA) is 23.9 Å². The maximum absolute atomic E-state index is 7.02. The SMILES string of the molecule is B=Cc1ccccc1C=N. The minimum absolute atomic E-state index is 0.914. The normalized spacial score (nSPS) is 8.70. The molecule has 1 N–H and O–H groups in total. The summed E-state index contributed by atoms with van der Waals surface area (Å²) in [5.74, 6) is 1.75. The van der Waals surface area contributed by atoms with Gasteiger partial charge in [0.15, 0.2) is 0 Å². The molecule has 0 fully saturated rings. The summed E-state index contributed by atoms with van der Waals surface area (Å²) in [4.78, 5) is 0. The van der Waals surface area contributed by atoms with Crippen LogP contribution in [0, 0.1) is 5.41 Å². The van der Waals surface area contributed by atoms with E-state index in [4.69, 9.17) is 5.41 Å². The van der Waals surface area contributed by atoms with E-state index in [9.17, 15) is 0 Å². The number of nitrogens with one attached hydrogen (secondary N) is 1. The van der Waals surface area contributed by atoms with Crippen molar-refractivity contribution >= 4 is 19.7 Å². The van der Waals surface area contributed by atoms with E-state index in [2.05, 4.69) is 7.49 Å². The molecule has 0 heterocycles. The third-order valence-electron chi connectivity index (χ3n) is 1.37. The molecular weight excluding hydrogens is 121 g/mol. The van der Waals surface area contributed by atoms with Gasteiger partial charge in [-0.1, -0.05) is 0 Å². The second kappa shape index (κ2) is 3.11. The monoisotopic (exact) mass is 129 g/mol. The Morgan fingerprint density at radius 1 is 1.20 bits per heavy atom. The second-order valence-corrected chi connectivity index (χ2v) is 1.98. The van der Waals surface area contributed by atoms with Crippen molar-refractivity contribution < 1.29 is 0 Å². The molecule has 1 aromatic carbocycles. The van der Waals surface area contributed by atoms with Gasteiger partial charge in [-0.15, -0.1) is 0 Å². The summed E-state index contributed by atoms with van der Waals surface area (Å²) in [5.41, 5.74) is 1.93. The summed E-state index contributed by atoms with van der Waals surface area (Å²) in [5, 5.41) is 7.02. The molecule has 0 bridgehead atoms. The zero-order chi connectivity index (χ0) is 7.40. The molecule has 1 rings (SSSR count). The zero-order valence-electron chi connectivity index (χ0n) is 5.67. The molecular formula is C8H8BN. The molecule has 0 unspecified atom stereocenters. The fourth-order valence-corrected chi connectivity index (χ4v) is 0.828. The van der Waals surface area contributed by atoms with Crippen LogP contribution < -0.4 is 0 Å². The number of hydrogen-bond donors (Lipinski definition) is 1. The molecule has 0 atom stereocenters. The Kier molecular flexibility index (Phi) is 2.16. The van der Waals surface area contributed by atoms with Gasteiger partial charge < -0.3 is 0 Å². The van der Waals surface area contributed by atoms with Crippen molar-refractivity contribution in [2.45, 2.75) is 0 Å². The van der Waals surface area contributed by atoms with Crippen LogP contribution in [0.1, 0.15) is 11.1 Å². The molecule has 0 aromatic heterocycles. The van der Waals surface area contributed by atoms with Gasteiger partial charge in [0.2, 0.25) is 0 Å². The van der Waals surface area contributed by atoms with E-state index in [0.29, 0.717) is 0 Å². The Balaban J connectivity index is 3.20. The molecule has 0 amide bonds. The predicted octanol–water partition coefficient (Wildman–Crippen LogP) is 0.735. The predicted molar refractivity (Wildman–Crippen MR) is 46.6 cm³/mol. The Bertz CT molecular complexity index is 228. The van der Waals surface area contributed by atoms with E-state index >= 15 is 0 Å². The van der Waals surface area contributed by atoms with Crippen molar-refractivity contribution in [3.05, 3.63) is 35.4 Å². The number of rotatable bonds is 2. The average molecular weight is 129 g/mol. The first-order chi connectivity index (χ1) is 4.88. The summed E-state index contributed by atoms with van der Waals surface area (Å²) in [6.45, 7) is 0. The summed E-state index contributed by atoms with van der Waals surface area (Å²) in [6, 6.07) is 7.68. The van der Waals surface area contributed by atoms with E-state index in [1.807, 2.05) is 24.3 Å². The van der Waals surface area contributed by atoms with Crippen LogP contribution in [0.3, 0.4) is 0 Å². The maximum atomic E-state index is 7.02. The van der Waals surface area contributed by atoms with Crippen molar-refractivity contribution in [2.75, 3.05) is 0 Å². The van der Waals surface area contributed by atoms with E-state index in [1.54, 1.807) is 5.97 Å². The third kappa shape index (κ3) is 1.21. The Morgan fingerprint density at radius 2 is 1.80 bits per heavy atom. The van der Waals surface area contributed by atoms with Crippen LogP contribution in [-0.2, 0) is 0 Å². The summed E-state index contributed by atoms with van der Waals surface area (Å²) in [6.07, 6.45) is 1.33. The van der Waals surface area contributed by atoms with E-state index in [0.717, 1.165) is 11.1 Å². The second-order valence-electron chi connectivity index (χ2n) is 1.98. The standard InChI is InChI=1S/C8H8BN/c9-5-7-3-1-2-4-8(7)6-10/h1-6,9-10H. The quantitative estimate of drug-likeness (QED) is 0.449. The zero-order valence-corrected chi connectivity index (χ0v) is 5.67. The Hall–Kier alpha value is -1.18. The first-order valence-electron chi connectivity index (χ1n) is 3.10. The molecule has 1 nitrogen and oxygen atoms in total. The third-order valence-corrected chi connectivity index (χ3v) is 1.37. The van der Waals surface area contributed by atoms with Gasteiger partial charge in [-0.25, -0.2) is 0 Å². The molecule has 0 aliphatic carbocycles. The van der Waals surface area contributed by atoms with Gasteiger partial charge in [-0.05, 0) is 0 Å². The molecule has 0 spiro atoms. The van der Waals surface area contributed by atoms with Crippen LogP contribution in [0.2, 0.25) is 0 Å². The first-order valence-corrected chi connectivity index (χ1v) is 3.10. The Morgan fingerprint density at radius 3 is 2.20 bits per heavy atom. The first kappa shape index (κ1) is 6.94. The molecule has 0 aliphatic rings. The van der Waals surface area contributed by atoms with Gasteiger partial charge in [0.1, 0.15) is 0 Å². The van der Waals surface area contributed by atoms with Crippen LogP contribution in [-0.4, -0.2) is 19.7 Å². The molecule has 0 saturated carbocycles. The molecule has 0 aliphatic heterocycles. The van der Waals surface area contributed by atoms with E-state index in [-0.39, 0.29) is 0 Å². The van der Waals surface area contributed by atoms with Crippen molar-refractivity contribution in [2.24, 2.45) is 0 Å². The number of hydrogen-bond acceptors (Lipinski definition) is 1. The number of benzene rings is 1. The van der Waals surface area contributed by atoms with Gasteiger partial charge in [0.05, 0.1) is 0 Å². The fraction of sp³-hybridized carbons (Fsp3) is 0. The van der Waals surface area contributed by atoms with Crippen LogP contribution in [0.4, 0.5) is 0 Å². The molecule has 2 heteroatoms. The summed E-state index contributed by atoms with van der Waals surface area (Å²) < 4.78 is 0. The molecule has 1 aromatic rings. The Labute approximate surface area is 61.3 Å². The van der Waals surface area contributed by atoms with Crippen molar-refractivity contribution in [3.63, 3.8) is 0 Å². The van der Waals surface area contributed by atoms with Gasteiger partial charge in [-0.2, -0.15) is 0 Å². The van der Waals surface area contributed by atoms with Gasteiger partial charge >= 0.3 is 60.5 Å². The summed E-state index contributed by atoms with van der Waals surface area (Å²) in [7, 11) is 3.64. The van der Waals surface area contributed by atoms with Crippen LogP contribution in [0.15, 0.2) is 24.3 Å². The molecule has 0 saturated heterocycles. The van der Waals surface area contributed by atoms with E-state index in [1.165, 1.54) is 6.21 Å². The van der Waals surface area contributed by atoms with Crippen LogP contribution in [0.25, 0.3) is 0 Å². The van der Waals surface area contributed by atoms with Gasteiger partial charge in [-0.3, -0.25) is 0 Å². The minimum atomic E-state index is 0.914.